The number of rotatable bonds is 10. The van der Waals surface area contributed by atoms with Crippen LogP contribution in [-0.2, 0) is 16.0 Å². The lowest BCUT2D eigenvalue weighted by molar-refractivity contribution is -0.134. The van der Waals surface area contributed by atoms with Gasteiger partial charge in [0.05, 0.1) is 12.0 Å². The predicted molar refractivity (Wildman–Crippen MR) is 110 cm³/mol. The van der Waals surface area contributed by atoms with Crippen molar-refractivity contribution in [1.82, 2.24) is 0 Å². The maximum absolute atomic E-state index is 12.2. The maximum Gasteiger partial charge on any atom is 0.311 e. The predicted octanol–water partition coefficient (Wildman–Crippen LogP) is 5.64. The van der Waals surface area contributed by atoms with Crippen LogP contribution in [0, 0.1) is 29.1 Å². The SMILES string of the molecule is CCCCC(=O)C1CCC(C(C#N)Cc2ccc(OC(=O)CCC)cc2)CC1. The van der Waals surface area contributed by atoms with E-state index in [9.17, 15) is 14.9 Å². The van der Waals surface area contributed by atoms with Gasteiger partial charge in [-0.15, -0.1) is 0 Å². The highest BCUT2D eigenvalue weighted by Gasteiger charge is 2.30. The van der Waals surface area contributed by atoms with Gasteiger partial charge in [-0.3, -0.25) is 9.59 Å². The van der Waals surface area contributed by atoms with Gasteiger partial charge in [0.15, 0.2) is 0 Å². The fraction of sp³-hybridized carbons (Fsp3) is 0.625. The van der Waals surface area contributed by atoms with Gasteiger partial charge in [-0.1, -0.05) is 32.4 Å². The quantitative estimate of drug-likeness (QED) is 0.387. The number of Topliss-reactive ketones (excluding diaryl/α,β-unsaturated/α-hetero) is 1. The Kier molecular flexibility index (Phi) is 9.20. The highest BCUT2D eigenvalue weighted by atomic mass is 16.5. The molecule has 0 amide bonds. The van der Waals surface area contributed by atoms with Gasteiger partial charge in [0.2, 0.25) is 0 Å². The van der Waals surface area contributed by atoms with E-state index in [1.54, 1.807) is 12.1 Å². The average molecular weight is 384 g/mol. The molecule has 0 aromatic heterocycles. The molecule has 1 unspecified atom stereocenters. The maximum atomic E-state index is 12.2. The molecular formula is C24H33NO3. The van der Waals surface area contributed by atoms with E-state index in [-0.39, 0.29) is 17.8 Å². The number of carbonyl (C=O) groups excluding carboxylic acids is 2. The Bertz CT molecular complexity index is 666. The fourth-order valence-corrected chi connectivity index (χ4v) is 4.05. The molecular weight excluding hydrogens is 350 g/mol. The molecule has 0 N–H and O–H groups in total. The van der Waals surface area contributed by atoms with Gasteiger partial charge in [-0.2, -0.15) is 5.26 Å². The van der Waals surface area contributed by atoms with Crippen molar-refractivity contribution < 1.29 is 14.3 Å². The summed E-state index contributed by atoms with van der Waals surface area (Å²) in [4.78, 5) is 23.8. The average Bonchev–Trinajstić information content (AvgIpc) is 2.71. The molecule has 0 heterocycles. The molecule has 0 spiro atoms. The number of nitriles is 1. The normalized spacial score (nSPS) is 20.2. The van der Waals surface area contributed by atoms with Crippen molar-refractivity contribution in [3.05, 3.63) is 29.8 Å². The van der Waals surface area contributed by atoms with Crippen molar-refractivity contribution in [1.29, 1.82) is 5.26 Å². The Hall–Kier alpha value is -2.15. The lowest BCUT2D eigenvalue weighted by atomic mass is 9.73. The van der Waals surface area contributed by atoms with Gasteiger partial charge < -0.3 is 4.74 Å². The third-order valence-electron chi connectivity index (χ3n) is 5.80. The molecule has 152 valence electrons. The fourth-order valence-electron chi connectivity index (χ4n) is 4.05. The standard InChI is InChI=1S/C24H33NO3/c1-3-5-7-23(26)20-12-10-19(11-13-20)21(17-25)16-18-8-14-22(15-9-18)28-24(27)6-4-2/h8-9,14-15,19-21H,3-7,10-13,16H2,1-2H3. The minimum atomic E-state index is -0.213. The molecule has 0 saturated heterocycles. The van der Waals surface area contributed by atoms with Crippen molar-refractivity contribution in [2.75, 3.05) is 0 Å². The molecule has 0 bridgehead atoms. The zero-order chi connectivity index (χ0) is 20.4. The lowest BCUT2D eigenvalue weighted by Gasteiger charge is -2.30. The third-order valence-corrected chi connectivity index (χ3v) is 5.80. The number of esters is 1. The van der Waals surface area contributed by atoms with Crippen LogP contribution in [0.1, 0.15) is 77.2 Å². The summed E-state index contributed by atoms with van der Waals surface area (Å²) in [5, 5.41) is 9.68. The summed E-state index contributed by atoms with van der Waals surface area (Å²) in [7, 11) is 0. The van der Waals surface area contributed by atoms with Crippen LogP contribution in [0.2, 0.25) is 0 Å². The first-order chi connectivity index (χ1) is 13.6. The second-order valence-corrected chi connectivity index (χ2v) is 7.99. The molecule has 1 atom stereocenters. The number of hydrogen-bond acceptors (Lipinski definition) is 4. The summed E-state index contributed by atoms with van der Waals surface area (Å²) < 4.78 is 5.28. The smallest absolute Gasteiger partial charge is 0.311 e. The van der Waals surface area contributed by atoms with E-state index in [0.717, 1.165) is 50.5 Å². The number of nitrogens with zero attached hydrogens (tertiary/aromatic N) is 1. The molecule has 1 saturated carbocycles. The van der Waals surface area contributed by atoms with Gasteiger partial charge in [0.1, 0.15) is 11.5 Å². The van der Waals surface area contributed by atoms with E-state index in [1.807, 2.05) is 19.1 Å². The Balaban J connectivity index is 1.85. The second-order valence-electron chi connectivity index (χ2n) is 7.99. The van der Waals surface area contributed by atoms with Gasteiger partial charge in [-0.25, -0.2) is 0 Å². The summed E-state index contributed by atoms with van der Waals surface area (Å²) in [5.74, 6) is 1.31. The number of ketones is 1. The highest BCUT2D eigenvalue weighted by Crippen LogP contribution is 2.36. The van der Waals surface area contributed by atoms with Crippen LogP contribution < -0.4 is 4.74 Å². The van der Waals surface area contributed by atoms with Crippen LogP contribution >= 0.6 is 0 Å². The van der Waals surface area contributed by atoms with Gasteiger partial charge in [0.25, 0.3) is 0 Å². The molecule has 1 aliphatic rings. The van der Waals surface area contributed by atoms with E-state index in [2.05, 4.69) is 13.0 Å². The highest BCUT2D eigenvalue weighted by molar-refractivity contribution is 5.81. The van der Waals surface area contributed by atoms with Crippen LogP contribution in [-0.4, -0.2) is 11.8 Å². The van der Waals surface area contributed by atoms with Crippen LogP contribution in [0.3, 0.4) is 0 Å². The van der Waals surface area contributed by atoms with Crippen molar-refractivity contribution in [2.45, 2.75) is 78.1 Å². The number of unbranched alkanes of at least 4 members (excludes halogenated alkanes) is 1. The van der Waals surface area contributed by atoms with E-state index < -0.39 is 0 Å². The van der Waals surface area contributed by atoms with E-state index in [0.29, 0.717) is 36.7 Å². The minimum Gasteiger partial charge on any atom is -0.427 e. The Morgan fingerprint density at radius 1 is 1.07 bits per heavy atom. The van der Waals surface area contributed by atoms with Gasteiger partial charge in [-0.05, 0) is 68.6 Å². The Morgan fingerprint density at radius 2 is 1.75 bits per heavy atom. The first-order valence-electron chi connectivity index (χ1n) is 10.8. The first-order valence-corrected chi connectivity index (χ1v) is 10.8. The first kappa shape index (κ1) is 22.1. The summed E-state index contributed by atoms with van der Waals surface area (Å²) in [6.45, 7) is 4.06. The van der Waals surface area contributed by atoms with Crippen LogP contribution in [0.25, 0.3) is 0 Å². The number of hydrogen-bond donors (Lipinski definition) is 0. The molecule has 1 aromatic rings. The molecule has 1 fully saturated rings. The summed E-state index contributed by atoms with van der Waals surface area (Å²) in [6, 6.07) is 9.99. The summed E-state index contributed by atoms with van der Waals surface area (Å²) in [5.41, 5.74) is 1.09. The molecule has 1 aliphatic carbocycles. The summed E-state index contributed by atoms with van der Waals surface area (Å²) in [6.07, 6.45) is 8.45. The van der Waals surface area contributed by atoms with Crippen molar-refractivity contribution in [2.24, 2.45) is 17.8 Å². The molecule has 28 heavy (non-hydrogen) atoms. The van der Waals surface area contributed by atoms with Crippen molar-refractivity contribution in [3.8, 4) is 11.8 Å². The monoisotopic (exact) mass is 383 g/mol. The van der Waals surface area contributed by atoms with E-state index in [1.165, 1.54) is 0 Å². The minimum absolute atomic E-state index is 0.0276. The molecule has 4 heteroatoms. The van der Waals surface area contributed by atoms with E-state index in [4.69, 9.17) is 4.74 Å². The topological polar surface area (TPSA) is 67.2 Å². The zero-order valence-corrected chi connectivity index (χ0v) is 17.3. The lowest BCUT2D eigenvalue weighted by Crippen LogP contribution is -2.26. The van der Waals surface area contributed by atoms with Gasteiger partial charge >= 0.3 is 5.97 Å². The van der Waals surface area contributed by atoms with Crippen LogP contribution in [0.15, 0.2) is 24.3 Å². The summed E-state index contributed by atoms with van der Waals surface area (Å²) >= 11 is 0. The van der Waals surface area contributed by atoms with Crippen LogP contribution in [0.4, 0.5) is 0 Å². The van der Waals surface area contributed by atoms with Crippen molar-refractivity contribution in [3.63, 3.8) is 0 Å². The second kappa shape index (κ2) is 11.6. The molecule has 2 rings (SSSR count). The van der Waals surface area contributed by atoms with E-state index >= 15 is 0 Å². The molecule has 4 nitrogen and oxygen atoms in total. The Labute approximate surface area is 169 Å². The number of ether oxygens (including phenoxy) is 1. The van der Waals surface area contributed by atoms with Crippen LogP contribution in [0.5, 0.6) is 5.75 Å². The Morgan fingerprint density at radius 3 is 2.32 bits per heavy atom. The van der Waals surface area contributed by atoms with Crippen molar-refractivity contribution >= 4 is 11.8 Å². The van der Waals surface area contributed by atoms with Gasteiger partial charge in [0, 0.05) is 18.8 Å². The molecule has 0 radical (unpaired) electrons. The number of benzene rings is 1. The molecule has 0 aliphatic heterocycles. The third kappa shape index (κ3) is 6.78. The number of carbonyl (C=O) groups is 2. The molecule has 1 aromatic carbocycles. The zero-order valence-electron chi connectivity index (χ0n) is 17.3. The largest absolute Gasteiger partial charge is 0.427 e.